The van der Waals surface area contributed by atoms with Gasteiger partial charge in [0, 0.05) is 12.1 Å². The summed E-state index contributed by atoms with van der Waals surface area (Å²) in [4.78, 5) is 13.7. The molecule has 0 aliphatic heterocycles. The fourth-order valence-electron chi connectivity index (χ4n) is 1.25. The van der Waals surface area contributed by atoms with Crippen molar-refractivity contribution in [1.29, 1.82) is 0 Å². The second-order valence-corrected chi connectivity index (χ2v) is 2.84. The maximum absolute atomic E-state index is 11.0. The van der Waals surface area contributed by atoms with E-state index in [4.69, 9.17) is 5.73 Å². The molecule has 0 aliphatic rings. The zero-order valence-electron chi connectivity index (χ0n) is 7.24. The van der Waals surface area contributed by atoms with Crippen molar-refractivity contribution in [2.75, 3.05) is 5.73 Å². The van der Waals surface area contributed by atoms with Gasteiger partial charge in [-0.05, 0) is 6.42 Å². The number of aromatic amines is 1. The van der Waals surface area contributed by atoms with Crippen molar-refractivity contribution in [1.82, 2.24) is 14.6 Å². The largest absolute Gasteiger partial charge is 0.383 e. The molecule has 0 spiro atoms. The van der Waals surface area contributed by atoms with Crippen LogP contribution in [0.4, 0.5) is 5.82 Å². The van der Waals surface area contributed by atoms with Gasteiger partial charge in [0.05, 0.1) is 5.69 Å². The van der Waals surface area contributed by atoms with Crippen molar-refractivity contribution in [2.24, 2.45) is 0 Å². The van der Waals surface area contributed by atoms with Crippen LogP contribution in [0.5, 0.6) is 0 Å². The van der Waals surface area contributed by atoms with E-state index in [1.807, 2.05) is 13.0 Å². The first-order valence-electron chi connectivity index (χ1n) is 4.08. The Morgan fingerprint density at radius 3 is 3.08 bits per heavy atom. The lowest BCUT2D eigenvalue weighted by molar-refractivity contribution is 0.892. The zero-order valence-corrected chi connectivity index (χ0v) is 7.24. The summed E-state index contributed by atoms with van der Waals surface area (Å²) in [6.45, 7) is 2.00. The van der Waals surface area contributed by atoms with E-state index in [0.717, 1.165) is 12.1 Å². The molecule has 0 amide bonds. The van der Waals surface area contributed by atoms with Gasteiger partial charge < -0.3 is 10.7 Å². The van der Waals surface area contributed by atoms with Gasteiger partial charge in [-0.3, -0.25) is 4.79 Å². The molecule has 0 saturated carbocycles. The first-order chi connectivity index (χ1) is 6.20. The normalized spacial score (nSPS) is 10.8. The van der Waals surface area contributed by atoms with Gasteiger partial charge in [-0.25, -0.2) is 4.52 Å². The Hall–Kier alpha value is -1.78. The molecule has 0 aliphatic carbocycles. The third-order valence-electron chi connectivity index (χ3n) is 1.90. The SMILES string of the molecule is CCc1cc2[nH]c(=O)cc(N)n2n1. The number of fused-ring (bicyclic) bond motifs is 1. The lowest BCUT2D eigenvalue weighted by Gasteiger charge is -1.95. The highest BCUT2D eigenvalue weighted by molar-refractivity contribution is 5.46. The molecule has 5 heteroatoms. The van der Waals surface area contributed by atoms with Crippen molar-refractivity contribution >= 4 is 11.5 Å². The number of hydrogen-bond donors (Lipinski definition) is 2. The Labute approximate surface area is 74.2 Å². The fourth-order valence-corrected chi connectivity index (χ4v) is 1.25. The zero-order chi connectivity index (χ0) is 9.42. The van der Waals surface area contributed by atoms with E-state index in [2.05, 4.69) is 10.1 Å². The predicted molar refractivity (Wildman–Crippen MR) is 49.6 cm³/mol. The van der Waals surface area contributed by atoms with Crippen LogP contribution in [0, 0.1) is 0 Å². The summed E-state index contributed by atoms with van der Waals surface area (Å²) >= 11 is 0. The van der Waals surface area contributed by atoms with Crippen molar-refractivity contribution in [3.05, 3.63) is 28.2 Å². The molecule has 2 heterocycles. The molecule has 3 N–H and O–H groups in total. The Morgan fingerprint density at radius 2 is 2.38 bits per heavy atom. The molecule has 0 atom stereocenters. The Kier molecular flexibility index (Phi) is 1.58. The predicted octanol–water partition coefficient (Wildman–Crippen LogP) is 0.167. The van der Waals surface area contributed by atoms with E-state index in [0.29, 0.717) is 11.5 Å². The van der Waals surface area contributed by atoms with Gasteiger partial charge in [-0.15, -0.1) is 0 Å². The van der Waals surface area contributed by atoms with Crippen molar-refractivity contribution < 1.29 is 0 Å². The third-order valence-corrected chi connectivity index (χ3v) is 1.90. The number of H-pyrrole nitrogens is 1. The summed E-state index contributed by atoms with van der Waals surface area (Å²) in [6.07, 6.45) is 0.823. The van der Waals surface area contributed by atoms with Crippen LogP contribution in [0.1, 0.15) is 12.6 Å². The lowest BCUT2D eigenvalue weighted by Crippen LogP contribution is -2.10. The van der Waals surface area contributed by atoms with E-state index in [1.54, 1.807) is 0 Å². The van der Waals surface area contributed by atoms with Gasteiger partial charge >= 0.3 is 0 Å². The maximum atomic E-state index is 11.0. The highest BCUT2D eigenvalue weighted by Gasteiger charge is 2.03. The van der Waals surface area contributed by atoms with Gasteiger partial charge in [0.1, 0.15) is 11.5 Å². The van der Waals surface area contributed by atoms with Gasteiger partial charge in [0.2, 0.25) is 0 Å². The molecular weight excluding hydrogens is 168 g/mol. The molecule has 5 nitrogen and oxygen atoms in total. The van der Waals surface area contributed by atoms with Crippen molar-refractivity contribution in [3.63, 3.8) is 0 Å². The van der Waals surface area contributed by atoms with Crippen LogP contribution < -0.4 is 11.3 Å². The molecule has 2 rings (SSSR count). The molecule has 0 saturated heterocycles. The number of hydrogen-bond acceptors (Lipinski definition) is 3. The number of aromatic nitrogens is 3. The average molecular weight is 178 g/mol. The minimum atomic E-state index is -0.201. The van der Waals surface area contributed by atoms with Crippen LogP contribution in [0.25, 0.3) is 5.65 Å². The number of aryl methyl sites for hydroxylation is 1. The van der Waals surface area contributed by atoms with E-state index in [1.165, 1.54) is 10.6 Å². The second kappa shape index (κ2) is 2.62. The number of nitrogens with zero attached hydrogens (tertiary/aromatic N) is 2. The van der Waals surface area contributed by atoms with Crippen LogP contribution >= 0.6 is 0 Å². The molecule has 13 heavy (non-hydrogen) atoms. The van der Waals surface area contributed by atoms with E-state index < -0.39 is 0 Å². The van der Waals surface area contributed by atoms with Gasteiger partial charge in [0.25, 0.3) is 5.56 Å². The highest BCUT2D eigenvalue weighted by atomic mass is 16.1. The summed E-state index contributed by atoms with van der Waals surface area (Å²) in [7, 11) is 0. The fraction of sp³-hybridized carbons (Fsp3) is 0.250. The average Bonchev–Trinajstić information content (AvgIpc) is 2.47. The lowest BCUT2D eigenvalue weighted by atomic mass is 10.3. The number of nitrogens with one attached hydrogen (secondary N) is 1. The summed E-state index contributed by atoms with van der Waals surface area (Å²) in [5, 5.41) is 4.19. The molecule has 68 valence electrons. The number of anilines is 1. The molecule has 0 bridgehead atoms. The molecule has 0 unspecified atom stereocenters. The molecule has 0 aromatic carbocycles. The van der Waals surface area contributed by atoms with Crippen LogP contribution in [0.3, 0.4) is 0 Å². The maximum Gasteiger partial charge on any atom is 0.253 e. The van der Waals surface area contributed by atoms with Gasteiger partial charge in [-0.2, -0.15) is 5.10 Å². The molecule has 2 aromatic heterocycles. The van der Waals surface area contributed by atoms with Crippen molar-refractivity contribution in [3.8, 4) is 0 Å². The van der Waals surface area contributed by atoms with Crippen LogP contribution in [-0.2, 0) is 6.42 Å². The minimum Gasteiger partial charge on any atom is -0.383 e. The van der Waals surface area contributed by atoms with Crippen molar-refractivity contribution in [2.45, 2.75) is 13.3 Å². The number of rotatable bonds is 1. The van der Waals surface area contributed by atoms with E-state index in [9.17, 15) is 4.79 Å². The summed E-state index contributed by atoms with van der Waals surface area (Å²) in [6, 6.07) is 3.14. The van der Waals surface area contributed by atoms with Gasteiger partial charge in [-0.1, -0.05) is 6.92 Å². The first kappa shape index (κ1) is 7.85. The first-order valence-corrected chi connectivity index (χ1v) is 4.08. The second-order valence-electron chi connectivity index (χ2n) is 2.84. The number of nitrogen functional groups attached to an aromatic ring is 1. The summed E-state index contributed by atoms with van der Waals surface area (Å²) in [5.41, 5.74) is 6.96. The minimum absolute atomic E-state index is 0.201. The smallest absolute Gasteiger partial charge is 0.253 e. The van der Waals surface area contributed by atoms with Gasteiger partial charge in [0.15, 0.2) is 0 Å². The molecule has 2 aromatic rings. The Morgan fingerprint density at radius 1 is 1.62 bits per heavy atom. The summed E-state index contributed by atoms with van der Waals surface area (Å²) in [5.74, 6) is 0.360. The third kappa shape index (κ3) is 1.18. The Balaban J connectivity index is 2.83. The molecule has 0 radical (unpaired) electrons. The van der Waals surface area contributed by atoms with E-state index >= 15 is 0 Å². The Bertz CT molecular complexity index is 496. The summed E-state index contributed by atoms with van der Waals surface area (Å²) < 4.78 is 1.53. The molecular formula is C8H10N4O. The van der Waals surface area contributed by atoms with Crippen LogP contribution in [0.15, 0.2) is 16.9 Å². The monoisotopic (exact) mass is 178 g/mol. The standard InChI is InChI=1S/C8H10N4O/c1-2-5-3-7-10-8(13)4-6(9)12(7)11-5/h3-4H,2,9H2,1H3,(H,10,13). The quantitative estimate of drug-likeness (QED) is 0.653. The molecule has 0 fully saturated rings. The van der Waals surface area contributed by atoms with Crippen LogP contribution in [0.2, 0.25) is 0 Å². The topological polar surface area (TPSA) is 76.2 Å². The van der Waals surface area contributed by atoms with Crippen LogP contribution in [-0.4, -0.2) is 14.6 Å². The highest BCUT2D eigenvalue weighted by Crippen LogP contribution is 2.06. The number of nitrogens with two attached hydrogens (primary N) is 1. The van der Waals surface area contributed by atoms with E-state index in [-0.39, 0.29) is 5.56 Å².